The Labute approximate surface area is 187 Å². The SMILES string of the molecule is CN1CCC/C1=N\S(=O)(=O)c1cccc(NC(=O)c2ccc3c(c2)Cc2ccccc2-3)c1. The van der Waals surface area contributed by atoms with Gasteiger partial charge in [-0.3, -0.25) is 4.79 Å². The molecule has 6 nitrogen and oxygen atoms in total. The minimum Gasteiger partial charge on any atom is -0.362 e. The van der Waals surface area contributed by atoms with Crippen molar-refractivity contribution in [3.8, 4) is 11.1 Å². The summed E-state index contributed by atoms with van der Waals surface area (Å²) in [5, 5.41) is 2.82. The van der Waals surface area contributed by atoms with E-state index >= 15 is 0 Å². The number of hydrogen-bond acceptors (Lipinski definition) is 3. The van der Waals surface area contributed by atoms with Crippen molar-refractivity contribution in [1.29, 1.82) is 0 Å². The molecular formula is C25H23N3O3S. The molecule has 5 rings (SSSR count). The maximum absolute atomic E-state index is 12.9. The lowest BCUT2D eigenvalue weighted by atomic mass is 10.0. The summed E-state index contributed by atoms with van der Waals surface area (Å²) in [5.74, 6) is 0.290. The largest absolute Gasteiger partial charge is 0.362 e. The third-order valence-corrected chi connectivity index (χ3v) is 7.31. The first-order valence-electron chi connectivity index (χ1n) is 10.6. The Morgan fingerprint density at radius 2 is 1.78 bits per heavy atom. The highest BCUT2D eigenvalue weighted by molar-refractivity contribution is 7.90. The van der Waals surface area contributed by atoms with Crippen LogP contribution >= 0.6 is 0 Å². The van der Waals surface area contributed by atoms with Gasteiger partial charge in [0.15, 0.2) is 0 Å². The lowest BCUT2D eigenvalue weighted by Gasteiger charge is -2.11. The average molecular weight is 446 g/mol. The Morgan fingerprint density at radius 1 is 0.969 bits per heavy atom. The van der Waals surface area contributed by atoms with Crippen LogP contribution in [0.4, 0.5) is 5.69 Å². The number of anilines is 1. The Kier molecular flexibility index (Phi) is 5.06. The van der Waals surface area contributed by atoms with E-state index < -0.39 is 10.0 Å². The molecule has 0 spiro atoms. The average Bonchev–Trinajstić information content (AvgIpc) is 3.36. The predicted octanol–water partition coefficient (Wildman–Crippen LogP) is 4.32. The molecule has 0 atom stereocenters. The summed E-state index contributed by atoms with van der Waals surface area (Å²) in [4.78, 5) is 14.8. The van der Waals surface area contributed by atoms with Crippen LogP contribution in [0.5, 0.6) is 0 Å². The van der Waals surface area contributed by atoms with Crippen LogP contribution in [0.3, 0.4) is 0 Å². The molecule has 1 amide bonds. The minimum absolute atomic E-state index is 0.0625. The van der Waals surface area contributed by atoms with E-state index in [1.54, 1.807) is 18.2 Å². The molecule has 0 unspecified atom stereocenters. The molecule has 1 heterocycles. The molecule has 0 radical (unpaired) electrons. The molecule has 0 aromatic heterocycles. The molecule has 162 valence electrons. The second kappa shape index (κ2) is 7.91. The number of nitrogens with zero attached hydrogens (tertiary/aromatic N) is 2. The van der Waals surface area contributed by atoms with Crippen molar-refractivity contribution in [2.45, 2.75) is 24.2 Å². The molecule has 2 aliphatic rings. The molecule has 0 saturated carbocycles. The number of likely N-dealkylation sites (tertiary alicyclic amines) is 1. The number of sulfonamides is 1. The molecule has 3 aromatic carbocycles. The zero-order valence-corrected chi connectivity index (χ0v) is 18.5. The maximum atomic E-state index is 12.9. The zero-order valence-electron chi connectivity index (χ0n) is 17.7. The van der Waals surface area contributed by atoms with Crippen molar-refractivity contribution in [3.05, 3.63) is 83.4 Å². The van der Waals surface area contributed by atoms with Crippen molar-refractivity contribution in [3.63, 3.8) is 0 Å². The summed E-state index contributed by atoms with van der Waals surface area (Å²) in [6.45, 7) is 0.802. The summed E-state index contributed by atoms with van der Waals surface area (Å²) >= 11 is 0. The van der Waals surface area contributed by atoms with Crippen LogP contribution in [-0.4, -0.2) is 38.7 Å². The number of carbonyl (C=O) groups is 1. The zero-order chi connectivity index (χ0) is 22.3. The first kappa shape index (κ1) is 20.5. The van der Waals surface area contributed by atoms with Gasteiger partial charge in [0.1, 0.15) is 5.84 Å². The van der Waals surface area contributed by atoms with E-state index in [2.05, 4.69) is 21.8 Å². The lowest BCUT2D eigenvalue weighted by molar-refractivity contribution is 0.102. The van der Waals surface area contributed by atoms with E-state index in [0.717, 1.165) is 30.5 Å². The normalized spacial score (nSPS) is 16.2. The van der Waals surface area contributed by atoms with Gasteiger partial charge in [0.25, 0.3) is 15.9 Å². The molecule has 3 aromatic rings. The third kappa shape index (κ3) is 3.80. The van der Waals surface area contributed by atoms with Gasteiger partial charge in [0, 0.05) is 31.3 Å². The van der Waals surface area contributed by atoms with Crippen molar-refractivity contribution in [2.75, 3.05) is 18.9 Å². The molecule has 1 N–H and O–H groups in total. The van der Waals surface area contributed by atoms with Crippen LogP contribution in [0.1, 0.15) is 34.3 Å². The first-order valence-corrected chi connectivity index (χ1v) is 12.0. The topological polar surface area (TPSA) is 78.8 Å². The number of nitrogens with one attached hydrogen (secondary N) is 1. The van der Waals surface area contributed by atoms with Crippen LogP contribution in [0.15, 0.2) is 76.0 Å². The summed E-state index contributed by atoms with van der Waals surface area (Å²) in [7, 11) is -2.00. The molecule has 1 aliphatic heterocycles. The lowest BCUT2D eigenvalue weighted by Crippen LogP contribution is -2.20. The van der Waals surface area contributed by atoms with Crippen LogP contribution in [-0.2, 0) is 16.4 Å². The van der Waals surface area contributed by atoms with E-state index in [-0.39, 0.29) is 10.8 Å². The van der Waals surface area contributed by atoms with Gasteiger partial charge >= 0.3 is 0 Å². The number of carbonyl (C=O) groups excluding carboxylic acids is 1. The predicted molar refractivity (Wildman–Crippen MR) is 126 cm³/mol. The van der Waals surface area contributed by atoms with Gasteiger partial charge in [-0.05, 0) is 65.4 Å². The number of fused-ring (bicyclic) bond motifs is 3. The minimum atomic E-state index is -3.84. The molecule has 7 heteroatoms. The smallest absolute Gasteiger partial charge is 0.284 e. The Balaban J connectivity index is 1.36. The van der Waals surface area contributed by atoms with E-state index in [0.29, 0.717) is 23.5 Å². The van der Waals surface area contributed by atoms with Gasteiger partial charge < -0.3 is 10.2 Å². The van der Waals surface area contributed by atoms with Gasteiger partial charge in [-0.2, -0.15) is 8.42 Å². The number of hydrogen-bond donors (Lipinski definition) is 1. The molecule has 1 aliphatic carbocycles. The second-order valence-electron chi connectivity index (χ2n) is 8.20. The summed E-state index contributed by atoms with van der Waals surface area (Å²) in [6.07, 6.45) is 2.34. The fourth-order valence-corrected chi connectivity index (χ4v) is 5.46. The van der Waals surface area contributed by atoms with E-state index in [4.69, 9.17) is 0 Å². The summed E-state index contributed by atoms with van der Waals surface area (Å²) < 4.78 is 29.5. The molecule has 1 fully saturated rings. The Bertz CT molecular complexity index is 1360. The van der Waals surface area contributed by atoms with Crippen molar-refractivity contribution in [2.24, 2.45) is 4.40 Å². The standard InChI is InChI=1S/C25H23N3O3S/c1-28-13-5-10-24(28)27-32(30,31)21-8-4-7-20(16-21)26-25(29)18-11-12-23-19(15-18)14-17-6-2-3-9-22(17)23/h2-4,6-9,11-12,15-16H,5,10,13-14H2,1H3,(H,26,29)/b27-24+. The Morgan fingerprint density at radius 3 is 2.59 bits per heavy atom. The number of amides is 1. The Hall–Kier alpha value is -3.45. The number of benzene rings is 3. The van der Waals surface area contributed by atoms with E-state index in [1.165, 1.54) is 23.3 Å². The van der Waals surface area contributed by atoms with Gasteiger partial charge in [-0.1, -0.05) is 36.4 Å². The molecule has 32 heavy (non-hydrogen) atoms. The summed E-state index contributed by atoms with van der Waals surface area (Å²) in [6, 6.07) is 20.2. The second-order valence-corrected chi connectivity index (χ2v) is 9.80. The van der Waals surface area contributed by atoms with E-state index in [1.807, 2.05) is 36.2 Å². The quantitative estimate of drug-likeness (QED) is 0.507. The molecule has 1 saturated heterocycles. The van der Waals surface area contributed by atoms with E-state index in [9.17, 15) is 13.2 Å². The van der Waals surface area contributed by atoms with Crippen LogP contribution in [0.25, 0.3) is 11.1 Å². The molecular weight excluding hydrogens is 422 g/mol. The van der Waals surface area contributed by atoms with Crippen molar-refractivity contribution >= 4 is 27.5 Å². The van der Waals surface area contributed by atoms with Gasteiger partial charge in [0.2, 0.25) is 0 Å². The van der Waals surface area contributed by atoms with Crippen molar-refractivity contribution < 1.29 is 13.2 Å². The van der Waals surface area contributed by atoms with Gasteiger partial charge in [-0.15, -0.1) is 4.40 Å². The third-order valence-electron chi connectivity index (χ3n) is 6.01. The highest BCUT2D eigenvalue weighted by Crippen LogP contribution is 2.36. The number of rotatable bonds is 4. The van der Waals surface area contributed by atoms with Crippen molar-refractivity contribution in [1.82, 2.24) is 4.90 Å². The number of amidine groups is 1. The molecule has 0 bridgehead atoms. The highest BCUT2D eigenvalue weighted by atomic mass is 32.2. The fourth-order valence-electron chi connectivity index (χ4n) is 4.32. The monoisotopic (exact) mass is 445 g/mol. The van der Waals surface area contributed by atoms with Crippen LogP contribution < -0.4 is 5.32 Å². The van der Waals surface area contributed by atoms with Crippen LogP contribution in [0, 0.1) is 0 Å². The van der Waals surface area contributed by atoms with Crippen LogP contribution in [0.2, 0.25) is 0 Å². The maximum Gasteiger partial charge on any atom is 0.284 e. The summed E-state index contributed by atoms with van der Waals surface area (Å²) in [5.41, 5.74) is 5.69. The highest BCUT2D eigenvalue weighted by Gasteiger charge is 2.22. The van der Waals surface area contributed by atoms with Gasteiger partial charge in [0.05, 0.1) is 4.90 Å². The van der Waals surface area contributed by atoms with Gasteiger partial charge in [-0.25, -0.2) is 0 Å². The fraction of sp³-hybridized carbons (Fsp3) is 0.200. The first-order chi connectivity index (χ1) is 15.4.